The number of rotatable bonds is 7. The highest BCUT2D eigenvalue weighted by Gasteiger charge is 2.14. The molecule has 0 bridgehead atoms. The molecule has 0 aliphatic heterocycles. The molecule has 31 heavy (non-hydrogen) atoms. The van der Waals surface area contributed by atoms with Gasteiger partial charge in [-0.25, -0.2) is 13.2 Å². The normalized spacial score (nSPS) is 11.5. The molecule has 0 radical (unpaired) electrons. The maximum atomic E-state index is 15.2. The molecule has 4 aromatic rings. The molecule has 0 unspecified atom stereocenters. The molecule has 4 heteroatoms. The first-order valence-electron chi connectivity index (χ1n) is 10.8. The van der Waals surface area contributed by atoms with Gasteiger partial charge in [0.1, 0.15) is 17.5 Å². The lowest BCUT2D eigenvalue weighted by atomic mass is 9.94. The first kappa shape index (κ1) is 21.7. The molecule has 0 saturated heterocycles. The highest BCUT2D eigenvalue weighted by atomic mass is 35.5. The Kier molecular flexibility index (Phi) is 6.52. The van der Waals surface area contributed by atoms with Gasteiger partial charge in [-0.05, 0) is 64.6 Å². The highest BCUT2D eigenvalue weighted by molar-refractivity contribution is 6.30. The molecule has 0 atom stereocenters. The third kappa shape index (κ3) is 4.43. The Morgan fingerprint density at radius 1 is 0.645 bits per heavy atom. The van der Waals surface area contributed by atoms with E-state index in [1.165, 1.54) is 31.0 Å². The fourth-order valence-corrected chi connectivity index (χ4v) is 4.28. The number of benzene rings is 4. The van der Waals surface area contributed by atoms with Crippen molar-refractivity contribution in [2.24, 2.45) is 0 Å². The zero-order chi connectivity index (χ0) is 22.0. The summed E-state index contributed by atoms with van der Waals surface area (Å²) in [6, 6.07) is 14.7. The van der Waals surface area contributed by atoms with Crippen LogP contribution < -0.4 is 0 Å². The molecule has 0 nitrogen and oxygen atoms in total. The van der Waals surface area contributed by atoms with E-state index >= 15 is 4.39 Å². The molecule has 160 valence electrons. The van der Waals surface area contributed by atoms with Gasteiger partial charge in [-0.1, -0.05) is 74.5 Å². The molecule has 0 N–H and O–H groups in total. The summed E-state index contributed by atoms with van der Waals surface area (Å²) in [5, 5.41) is 2.05. The van der Waals surface area contributed by atoms with Crippen LogP contribution in [0.5, 0.6) is 0 Å². The van der Waals surface area contributed by atoms with Gasteiger partial charge in [0.25, 0.3) is 0 Å². The van der Waals surface area contributed by atoms with Gasteiger partial charge in [-0.3, -0.25) is 0 Å². The van der Waals surface area contributed by atoms with Crippen LogP contribution in [0.3, 0.4) is 0 Å². The molecule has 0 fully saturated rings. The number of fused-ring (bicyclic) bond motifs is 3. The quantitative estimate of drug-likeness (QED) is 0.198. The van der Waals surface area contributed by atoms with Crippen molar-refractivity contribution in [1.29, 1.82) is 0 Å². The topological polar surface area (TPSA) is 0 Å². The third-order valence-electron chi connectivity index (χ3n) is 5.90. The summed E-state index contributed by atoms with van der Waals surface area (Å²) >= 11 is 5.76. The van der Waals surface area contributed by atoms with Crippen molar-refractivity contribution in [3.05, 3.63) is 82.6 Å². The van der Waals surface area contributed by atoms with Gasteiger partial charge in [0.15, 0.2) is 0 Å². The summed E-state index contributed by atoms with van der Waals surface area (Å²) < 4.78 is 44.0. The van der Waals surface area contributed by atoms with E-state index in [-0.39, 0.29) is 10.8 Å². The van der Waals surface area contributed by atoms with Crippen LogP contribution in [0.15, 0.2) is 54.6 Å². The second-order valence-electron chi connectivity index (χ2n) is 8.05. The van der Waals surface area contributed by atoms with Gasteiger partial charge in [0.05, 0.1) is 5.02 Å². The zero-order valence-electron chi connectivity index (χ0n) is 17.5. The van der Waals surface area contributed by atoms with Gasteiger partial charge in [-0.15, -0.1) is 0 Å². The lowest BCUT2D eigenvalue weighted by Gasteiger charge is -2.12. The minimum atomic E-state index is -0.525. The Morgan fingerprint density at radius 2 is 1.32 bits per heavy atom. The largest absolute Gasteiger partial charge is 0.206 e. The fourth-order valence-electron chi connectivity index (χ4n) is 4.16. The molecular weight excluding hydrogens is 417 g/mol. The van der Waals surface area contributed by atoms with Gasteiger partial charge in [0.2, 0.25) is 0 Å². The van der Waals surface area contributed by atoms with Crippen LogP contribution in [0.4, 0.5) is 13.2 Å². The van der Waals surface area contributed by atoms with Crippen LogP contribution in [0, 0.1) is 17.5 Å². The molecule has 4 rings (SSSR count). The van der Waals surface area contributed by atoms with Crippen molar-refractivity contribution in [3.63, 3.8) is 0 Å². The SMILES string of the molecule is CCCCCCCc1ccc2c(cc(F)c3cc(-c4ccc(Cl)c(F)c4)ccc32)c1F. The van der Waals surface area contributed by atoms with Gasteiger partial charge >= 0.3 is 0 Å². The summed E-state index contributed by atoms with van der Waals surface area (Å²) in [6.07, 6.45) is 6.19. The second-order valence-corrected chi connectivity index (χ2v) is 8.45. The Morgan fingerprint density at radius 3 is 2.10 bits per heavy atom. The monoisotopic (exact) mass is 440 g/mol. The van der Waals surface area contributed by atoms with Crippen molar-refractivity contribution in [3.8, 4) is 11.1 Å². The Balaban J connectivity index is 1.72. The smallest absolute Gasteiger partial charge is 0.142 e. The molecule has 0 heterocycles. The lowest BCUT2D eigenvalue weighted by molar-refractivity contribution is 0.594. The van der Waals surface area contributed by atoms with Gasteiger partial charge in [-0.2, -0.15) is 0 Å². The summed E-state index contributed by atoms with van der Waals surface area (Å²) in [7, 11) is 0. The van der Waals surface area contributed by atoms with E-state index in [9.17, 15) is 8.78 Å². The number of hydrogen-bond donors (Lipinski definition) is 0. The highest BCUT2D eigenvalue weighted by Crippen LogP contribution is 2.34. The molecule has 0 aromatic heterocycles. The summed E-state index contributed by atoms with van der Waals surface area (Å²) in [5.41, 5.74) is 1.91. The van der Waals surface area contributed by atoms with E-state index < -0.39 is 11.6 Å². The van der Waals surface area contributed by atoms with E-state index in [4.69, 9.17) is 11.6 Å². The predicted molar refractivity (Wildman–Crippen MR) is 124 cm³/mol. The predicted octanol–water partition coefficient (Wildman–Crippen LogP) is 9.24. The van der Waals surface area contributed by atoms with Gasteiger partial charge < -0.3 is 0 Å². The van der Waals surface area contributed by atoms with E-state index in [2.05, 4.69) is 6.92 Å². The van der Waals surface area contributed by atoms with Crippen molar-refractivity contribution >= 4 is 33.1 Å². The van der Waals surface area contributed by atoms with E-state index in [1.807, 2.05) is 12.1 Å². The Bertz CT molecular complexity index is 1250. The first-order valence-corrected chi connectivity index (χ1v) is 11.2. The minimum Gasteiger partial charge on any atom is -0.206 e. The van der Waals surface area contributed by atoms with Crippen molar-refractivity contribution in [2.75, 3.05) is 0 Å². The average molecular weight is 441 g/mol. The summed E-state index contributed by atoms with van der Waals surface area (Å²) in [6.45, 7) is 2.17. The third-order valence-corrected chi connectivity index (χ3v) is 6.21. The maximum absolute atomic E-state index is 15.2. The van der Waals surface area contributed by atoms with Gasteiger partial charge in [0, 0.05) is 10.8 Å². The Labute approximate surface area is 185 Å². The summed E-state index contributed by atoms with van der Waals surface area (Å²) in [5.74, 6) is -1.35. The molecular formula is C27H24ClF3. The van der Waals surface area contributed by atoms with E-state index in [0.29, 0.717) is 44.7 Å². The minimum absolute atomic E-state index is 0.0401. The number of halogens is 4. The molecule has 0 aliphatic carbocycles. The number of unbranched alkanes of at least 4 members (excludes halogenated alkanes) is 4. The van der Waals surface area contributed by atoms with Crippen LogP contribution in [0.1, 0.15) is 44.6 Å². The van der Waals surface area contributed by atoms with E-state index in [0.717, 1.165) is 19.3 Å². The van der Waals surface area contributed by atoms with E-state index in [1.54, 1.807) is 24.3 Å². The molecule has 0 amide bonds. The van der Waals surface area contributed by atoms with Crippen molar-refractivity contribution in [1.82, 2.24) is 0 Å². The van der Waals surface area contributed by atoms with Crippen LogP contribution in [-0.4, -0.2) is 0 Å². The average Bonchev–Trinajstić information content (AvgIpc) is 2.77. The first-order chi connectivity index (χ1) is 15.0. The van der Waals surface area contributed by atoms with Crippen LogP contribution in [-0.2, 0) is 6.42 Å². The molecule has 0 saturated carbocycles. The van der Waals surface area contributed by atoms with Crippen molar-refractivity contribution < 1.29 is 13.2 Å². The maximum Gasteiger partial charge on any atom is 0.142 e. The Hall–Kier alpha value is -2.52. The summed E-state index contributed by atoms with van der Waals surface area (Å²) in [4.78, 5) is 0. The second kappa shape index (κ2) is 9.32. The fraction of sp³-hybridized carbons (Fsp3) is 0.259. The van der Waals surface area contributed by atoms with Crippen LogP contribution in [0.25, 0.3) is 32.7 Å². The lowest BCUT2D eigenvalue weighted by Crippen LogP contribution is -1.95. The number of hydrogen-bond acceptors (Lipinski definition) is 0. The zero-order valence-corrected chi connectivity index (χ0v) is 18.2. The van der Waals surface area contributed by atoms with Crippen molar-refractivity contribution in [2.45, 2.75) is 45.4 Å². The van der Waals surface area contributed by atoms with Crippen LogP contribution >= 0.6 is 11.6 Å². The standard InChI is InChI=1S/C27H24ClF3/c1-2-3-4-5-6-7-17-8-11-21-20-12-9-18(19-10-13-24(28)26(30)15-19)14-22(20)25(29)16-23(21)27(17)31/h8-16H,2-7H2,1H3. The molecule has 0 spiro atoms. The number of aryl methyl sites for hydroxylation is 1. The molecule has 0 aliphatic rings. The van der Waals surface area contributed by atoms with Crippen LogP contribution in [0.2, 0.25) is 5.02 Å². The molecule has 4 aromatic carbocycles.